The average Bonchev–Trinajstić information content (AvgIpc) is 2.94. The van der Waals surface area contributed by atoms with Crippen LogP contribution in [0.25, 0.3) is 0 Å². The van der Waals surface area contributed by atoms with E-state index in [0.29, 0.717) is 13.2 Å². The quantitative estimate of drug-likeness (QED) is 0.748. The van der Waals surface area contributed by atoms with Crippen molar-refractivity contribution in [2.75, 3.05) is 13.2 Å². The Kier molecular flexibility index (Phi) is 2.51. The summed E-state index contributed by atoms with van der Waals surface area (Å²) >= 11 is 1.54. The van der Waals surface area contributed by atoms with Crippen LogP contribution in [-0.2, 0) is 14.4 Å². The zero-order valence-electron chi connectivity index (χ0n) is 9.21. The van der Waals surface area contributed by atoms with E-state index in [2.05, 4.69) is 5.16 Å². The first kappa shape index (κ1) is 10.6. The highest BCUT2D eigenvalue weighted by Gasteiger charge is 2.45. The fraction of sp³-hybridized carbons (Fsp3) is 0.455. The largest absolute Gasteiger partial charge is 0.491 e. The van der Waals surface area contributed by atoms with E-state index in [4.69, 9.17) is 14.3 Å². The van der Waals surface area contributed by atoms with Crippen molar-refractivity contribution in [1.82, 2.24) is 0 Å². The molecule has 0 radical (unpaired) electrons. The van der Waals surface area contributed by atoms with Gasteiger partial charge in [0.2, 0.25) is 6.10 Å². The molecule has 5 nitrogen and oxygen atoms in total. The number of rotatable bonds is 2. The first-order chi connectivity index (χ1) is 8.31. The molecule has 6 heteroatoms. The maximum atomic E-state index is 11.7. The standard InChI is InChI=1S/C11H11NO4S/c1-2-14-11(13)9-6-5-15-7-3-4-17-10(7)8(6)12-16-9/h3-4,6,9H,2,5H2,1H3. The second kappa shape index (κ2) is 4.03. The Bertz CT molecular complexity index is 482. The number of ether oxygens (including phenoxy) is 2. The third kappa shape index (κ3) is 1.59. The maximum absolute atomic E-state index is 11.7. The van der Waals surface area contributed by atoms with E-state index in [1.165, 1.54) is 0 Å². The number of fused-ring (bicyclic) bond motifs is 3. The molecule has 0 saturated carbocycles. The van der Waals surface area contributed by atoms with Crippen molar-refractivity contribution >= 4 is 23.0 Å². The molecule has 2 aliphatic rings. The molecular weight excluding hydrogens is 242 g/mol. The molecule has 90 valence electrons. The Morgan fingerprint density at radius 2 is 2.59 bits per heavy atom. The zero-order valence-corrected chi connectivity index (χ0v) is 10.0. The molecule has 1 aromatic rings. The van der Waals surface area contributed by atoms with E-state index in [-0.39, 0.29) is 11.9 Å². The van der Waals surface area contributed by atoms with Gasteiger partial charge in [-0.2, -0.15) is 0 Å². The molecule has 2 aliphatic heterocycles. The van der Waals surface area contributed by atoms with Gasteiger partial charge in [0.1, 0.15) is 18.1 Å². The minimum absolute atomic E-state index is 0.153. The molecule has 0 N–H and O–H groups in total. The zero-order chi connectivity index (χ0) is 11.8. The first-order valence-electron chi connectivity index (χ1n) is 5.42. The molecule has 1 aromatic heterocycles. The number of carbonyl (C=O) groups is 1. The van der Waals surface area contributed by atoms with Gasteiger partial charge in [0.05, 0.1) is 17.4 Å². The number of hydrogen-bond acceptors (Lipinski definition) is 6. The number of oxime groups is 1. The van der Waals surface area contributed by atoms with Crippen molar-refractivity contribution in [3.63, 3.8) is 0 Å². The summed E-state index contributed by atoms with van der Waals surface area (Å²) in [5.41, 5.74) is 0.805. The van der Waals surface area contributed by atoms with E-state index in [1.54, 1.807) is 18.3 Å². The van der Waals surface area contributed by atoms with Crippen molar-refractivity contribution in [3.05, 3.63) is 16.3 Å². The van der Waals surface area contributed by atoms with Gasteiger partial charge in [-0.05, 0) is 18.4 Å². The van der Waals surface area contributed by atoms with E-state index < -0.39 is 6.10 Å². The summed E-state index contributed by atoms with van der Waals surface area (Å²) in [5, 5.41) is 5.94. The molecule has 3 heterocycles. The number of esters is 1. The summed E-state index contributed by atoms with van der Waals surface area (Å²) in [7, 11) is 0. The lowest BCUT2D eigenvalue weighted by atomic mass is 9.95. The number of hydrogen-bond donors (Lipinski definition) is 0. The van der Waals surface area contributed by atoms with Crippen LogP contribution in [0, 0.1) is 5.92 Å². The molecule has 2 atom stereocenters. The van der Waals surface area contributed by atoms with Gasteiger partial charge in [0.15, 0.2) is 0 Å². The summed E-state index contributed by atoms with van der Waals surface area (Å²) < 4.78 is 10.5. The normalized spacial score (nSPS) is 25.1. The fourth-order valence-electron chi connectivity index (χ4n) is 1.98. The smallest absolute Gasteiger partial charge is 0.351 e. The molecule has 0 aliphatic carbocycles. The third-order valence-corrected chi connectivity index (χ3v) is 3.70. The molecule has 0 spiro atoms. The molecule has 3 rings (SSSR count). The number of thiophene rings is 1. The summed E-state index contributed by atoms with van der Waals surface area (Å²) in [5.74, 6) is 0.290. The minimum Gasteiger partial charge on any atom is -0.491 e. The van der Waals surface area contributed by atoms with Crippen molar-refractivity contribution < 1.29 is 19.1 Å². The van der Waals surface area contributed by atoms with Crippen LogP contribution in [0.3, 0.4) is 0 Å². The van der Waals surface area contributed by atoms with Crippen molar-refractivity contribution in [3.8, 4) is 5.75 Å². The second-order valence-corrected chi connectivity index (χ2v) is 4.70. The molecule has 0 amide bonds. The van der Waals surface area contributed by atoms with Crippen LogP contribution in [0.5, 0.6) is 5.75 Å². The summed E-state index contributed by atoms with van der Waals surface area (Å²) in [6, 6.07) is 1.90. The van der Waals surface area contributed by atoms with E-state index in [0.717, 1.165) is 16.3 Å². The molecule has 0 aromatic carbocycles. The van der Waals surface area contributed by atoms with Gasteiger partial charge in [0, 0.05) is 0 Å². The lowest BCUT2D eigenvalue weighted by Gasteiger charge is -2.21. The van der Waals surface area contributed by atoms with Crippen LogP contribution in [-0.4, -0.2) is 31.0 Å². The molecule has 0 fully saturated rings. The van der Waals surface area contributed by atoms with E-state index in [9.17, 15) is 4.79 Å². The van der Waals surface area contributed by atoms with Gasteiger partial charge >= 0.3 is 5.97 Å². The molecule has 0 saturated heterocycles. The molecule has 0 bridgehead atoms. The summed E-state index contributed by atoms with van der Waals surface area (Å²) in [4.78, 5) is 17.8. The van der Waals surface area contributed by atoms with Crippen molar-refractivity contribution in [1.29, 1.82) is 0 Å². The van der Waals surface area contributed by atoms with Crippen LogP contribution >= 0.6 is 11.3 Å². The average molecular weight is 253 g/mol. The van der Waals surface area contributed by atoms with Crippen LogP contribution in [0.2, 0.25) is 0 Å². The second-order valence-electron chi connectivity index (χ2n) is 3.79. The van der Waals surface area contributed by atoms with Crippen molar-refractivity contribution in [2.24, 2.45) is 11.1 Å². The van der Waals surface area contributed by atoms with Crippen LogP contribution < -0.4 is 4.74 Å². The fourth-order valence-corrected chi connectivity index (χ4v) is 2.86. The summed E-state index contributed by atoms with van der Waals surface area (Å²) in [6.07, 6.45) is -0.666. The Morgan fingerprint density at radius 3 is 3.41 bits per heavy atom. The summed E-state index contributed by atoms with van der Waals surface area (Å²) in [6.45, 7) is 2.52. The lowest BCUT2D eigenvalue weighted by molar-refractivity contribution is -0.157. The Hall–Kier alpha value is -1.56. The van der Waals surface area contributed by atoms with Crippen molar-refractivity contribution in [2.45, 2.75) is 13.0 Å². The highest BCUT2D eigenvalue weighted by Crippen LogP contribution is 2.37. The van der Waals surface area contributed by atoms with Gasteiger partial charge in [-0.25, -0.2) is 4.79 Å². The van der Waals surface area contributed by atoms with Crippen LogP contribution in [0.15, 0.2) is 16.6 Å². The van der Waals surface area contributed by atoms with Gasteiger partial charge in [-0.3, -0.25) is 0 Å². The molecular formula is C11H11NO4S. The highest BCUT2D eigenvalue weighted by atomic mass is 32.1. The number of carbonyl (C=O) groups excluding carboxylic acids is 1. The number of nitrogens with zero attached hydrogens (tertiary/aromatic N) is 1. The van der Waals surface area contributed by atoms with Gasteiger partial charge < -0.3 is 14.3 Å². The molecule has 2 unspecified atom stereocenters. The first-order valence-corrected chi connectivity index (χ1v) is 6.30. The topological polar surface area (TPSA) is 57.1 Å². The van der Waals surface area contributed by atoms with Crippen LogP contribution in [0.1, 0.15) is 11.8 Å². The Labute approximate surface area is 102 Å². The maximum Gasteiger partial charge on any atom is 0.351 e. The monoisotopic (exact) mass is 253 g/mol. The van der Waals surface area contributed by atoms with Gasteiger partial charge in [-0.15, -0.1) is 11.3 Å². The molecule has 17 heavy (non-hydrogen) atoms. The van der Waals surface area contributed by atoms with E-state index in [1.807, 2.05) is 11.4 Å². The van der Waals surface area contributed by atoms with Crippen LogP contribution in [0.4, 0.5) is 0 Å². The van der Waals surface area contributed by atoms with Gasteiger partial charge in [-0.1, -0.05) is 5.16 Å². The Balaban J connectivity index is 1.85. The SMILES string of the molecule is CCOC(=O)C1ON=C2c3sccc3OCC21. The Morgan fingerprint density at radius 1 is 1.71 bits per heavy atom. The predicted octanol–water partition coefficient (Wildman–Crippen LogP) is 1.42. The van der Waals surface area contributed by atoms with E-state index >= 15 is 0 Å². The highest BCUT2D eigenvalue weighted by molar-refractivity contribution is 7.12. The minimum atomic E-state index is -0.666. The third-order valence-electron chi connectivity index (χ3n) is 2.78. The lowest BCUT2D eigenvalue weighted by Crippen LogP contribution is -2.38. The predicted molar refractivity (Wildman–Crippen MR) is 61.3 cm³/mol. The van der Waals surface area contributed by atoms with Gasteiger partial charge in [0.25, 0.3) is 0 Å².